The molecule has 0 radical (unpaired) electrons. The third-order valence-electron chi connectivity index (χ3n) is 4.82. The van der Waals surface area contributed by atoms with E-state index >= 15 is 0 Å². The molecule has 140 valence electrons. The van der Waals surface area contributed by atoms with Crippen LogP contribution in [0.3, 0.4) is 0 Å². The van der Waals surface area contributed by atoms with Gasteiger partial charge < -0.3 is 5.32 Å². The van der Waals surface area contributed by atoms with Crippen LogP contribution in [0.2, 0.25) is 0 Å². The van der Waals surface area contributed by atoms with E-state index in [-0.39, 0.29) is 24.9 Å². The van der Waals surface area contributed by atoms with Crippen molar-refractivity contribution >= 4 is 15.9 Å². The third kappa shape index (κ3) is 5.54. The summed E-state index contributed by atoms with van der Waals surface area (Å²) in [5.41, 5.74) is 2.49. The fraction of sp³-hybridized carbons (Fsp3) is 0.632. The highest BCUT2D eigenvalue weighted by Crippen LogP contribution is 2.23. The topological polar surface area (TPSA) is 75.3 Å². The van der Waals surface area contributed by atoms with Crippen molar-refractivity contribution < 1.29 is 13.2 Å². The molecule has 25 heavy (non-hydrogen) atoms. The Kier molecular flexibility index (Phi) is 6.63. The van der Waals surface area contributed by atoms with Crippen molar-refractivity contribution in [1.82, 2.24) is 10.0 Å². The van der Waals surface area contributed by atoms with Gasteiger partial charge in [0.15, 0.2) is 0 Å². The van der Waals surface area contributed by atoms with Gasteiger partial charge in [-0.1, -0.05) is 37.5 Å². The maximum atomic E-state index is 12.6. The fourth-order valence-corrected chi connectivity index (χ4v) is 5.31. The first-order valence-electron chi connectivity index (χ1n) is 9.06. The number of nitrogens with one attached hydrogen (secondary N) is 2. The number of carbonyl (C=O) groups excluding carboxylic acids is 1. The van der Waals surface area contributed by atoms with E-state index in [4.69, 9.17) is 0 Å². The summed E-state index contributed by atoms with van der Waals surface area (Å²) >= 11 is 0. The van der Waals surface area contributed by atoms with Crippen molar-refractivity contribution in [3.05, 3.63) is 28.8 Å². The zero-order valence-electron chi connectivity index (χ0n) is 15.7. The molecule has 1 fully saturated rings. The Labute approximate surface area is 151 Å². The second-order valence-electron chi connectivity index (χ2n) is 7.41. The van der Waals surface area contributed by atoms with Gasteiger partial charge in [0, 0.05) is 19.0 Å². The van der Waals surface area contributed by atoms with Crippen LogP contribution >= 0.6 is 0 Å². The summed E-state index contributed by atoms with van der Waals surface area (Å²) < 4.78 is 27.7. The lowest BCUT2D eigenvalue weighted by molar-refractivity contribution is -0.121. The van der Waals surface area contributed by atoms with Gasteiger partial charge in [0.25, 0.3) is 0 Å². The molecule has 0 saturated heterocycles. The number of aryl methyl sites for hydroxylation is 3. The average molecular weight is 367 g/mol. The number of rotatable bonds is 6. The number of hydrogen-bond acceptors (Lipinski definition) is 3. The van der Waals surface area contributed by atoms with E-state index in [1.165, 1.54) is 6.42 Å². The normalized spacial score (nSPS) is 21.1. The maximum Gasteiger partial charge on any atom is 0.241 e. The molecular weight excluding hydrogens is 336 g/mol. The van der Waals surface area contributed by atoms with Gasteiger partial charge in [-0.25, -0.2) is 13.1 Å². The minimum Gasteiger partial charge on any atom is -0.353 e. The number of hydrogen-bond donors (Lipinski definition) is 2. The number of benzene rings is 1. The molecule has 1 amide bonds. The highest BCUT2D eigenvalue weighted by atomic mass is 32.2. The molecule has 0 spiro atoms. The number of sulfonamides is 1. The molecule has 2 N–H and O–H groups in total. The molecule has 1 aromatic rings. The first-order valence-corrected chi connectivity index (χ1v) is 10.5. The molecule has 2 unspecified atom stereocenters. The molecule has 1 aliphatic carbocycles. The van der Waals surface area contributed by atoms with Crippen molar-refractivity contribution in [3.63, 3.8) is 0 Å². The monoisotopic (exact) mass is 366 g/mol. The van der Waals surface area contributed by atoms with Crippen LogP contribution in [-0.2, 0) is 14.8 Å². The lowest BCUT2D eigenvalue weighted by atomic mass is 9.87. The van der Waals surface area contributed by atoms with Crippen LogP contribution in [0.15, 0.2) is 17.0 Å². The molecule has 6 heteroatoms. The average Bonchev–Trinajstić information content (AvgIpc) is 2.45. The largest absolute Gasteiger partial charge is 0.353 e. The molecule has 2 atom stereocenters. The molecule has 2 rings (SSSR count). The minimum absolute atomic E-state index is 0.0841. The summed E-state index contributed by atoms with van der Waals surface area (Å²) in [5, 5.41) is 3.03. The van der Waals surface area contributed by atoms with Crippen LogP contribution in [0.5, 0.6) is 0 Å². The summed E-state index contributed by atoms with van der Waals surface area (Å²) in [6.07, 6.45) is 4.56. The first kappa shape index (κ1) is 19.9. The predicted octanol–water partition coefficient (Wildman–Crippen LogP) is 2.98. The summed E-state index contributed by atoms with van der Waals surface area (Å²) in [6, 6.07) is 3.95. The standard InChI is InChI=1S/C19H30N2O3S/c1-13-6-5-7-17(12-13)21-18(22)8-9-20-25(23,24)19-15(3)10-14(2)11-16(19)4/h10-11,13,17,20H,5-9,12H2,1-4H3,(H,21,22). The highest BCUT2D eigenvalue weighted by Gasteiger charge is 2.22. The van der Waals surface area contributed by atoms with Gasteiger partial charge in [0.05, 0.1) is 4.90 Å². The van der Waals surface area contributed by atoms with Gasteiger partial charge in [-0.2, -0.15) is 0 Å². The Morgan fingerprint density at radius 1 is 1.16 bits per heavy atom. The van der Waals surface area contributed by atoms with Gasteiger partial charge in [-0.15, -0.1) is 0 Å². The molecule has 0 bridgehead atoms. The second-order valence-corrected chi connectivity index (χ2v) is 9.12. The molecule has 1 aromatic carbocycles. The molecule has 5 nitrogen and oxygen atoms in total. The van der Waals surface area contributed by atoms with Crippen molar-refractivity contribution in [1.29, 1.82) is 0 Å². The highest BCUT2D eigenvalue weighted by molar-refractivity contribution is 7.89. The third-order valence-corrected chi connectivity index (χ3v) is 6.58. The molecule has 0 aromatic heterocycles. The Morgan fingerprint density at radius 3 is 2.40 bits per heavy atom. The maximum absolute atomic E-state index is 12.6. The Morgan fingerprint density at radius 2 is 1.80 bits per heavy atom. The summed E-state index contributed by atoms with van der Waals surface area (Å²) in [7, 11) is -3.61. The molecule has 0 heterocycles. The van der Waals surface area contributed by atoms with E-state index in [2.05, 4.69) is 17.0 Å². The summed E-state index contributed by atoms with van der Waals surface area (Å²) in [4.78, 5) is 12.4. The molecular formula is C19H30N2O3S. The zero-order valence-corrected chi connectivity index (χ0v) is 16.5. The predicted molar refractivity (Wildman–Crippen MR) is 100 cm³/mol. The minimum atomic E-state index is -3.61. The lowest BCUT2D eigenvalue weighted by Gasteiger charge is -2.27. The lowest BCUT2D eigenvalue weighted by Crippen LogP contribution is -2.39. The smallest absolute Gasteiger partial charge is 0.241 e. The van der Waals surface area contributed by atoms with Crippen LogP contribution in [0, 0.1) is 26.7 Å². The first-order chi connectivity index (χ1) is 11.7. The van der Waals surface area contributed by atoms with Crippen molar-refractivity contribution in [2.75, 3.05) is 6.54 Å². The molecule has 1 aliphatic rings. The van der Waals surface area contributed by atoms with Crippen molar-refractivity contribution in [2.45, 2.75) is 70.7 Å². The summed E-state index contributed by atoms with van der Waals surface area (Å²) in [5.74, 6) is 0.559. The Balaban J connectivity index is 1.89. The molecule has 0 aliphatic heterocycles. The zero-order chi connectivity index (χ0) is 18.6. The van der Waals surface area contributed by atoms with Crippen LogP contribution in [0.4, 0.5) is 0 Å². The van der Waals surface area contributed by atoms with Crippen LogP contribution in [0.25, 0.3) is 0 Å². The van der Waals surface area contributed by atoms with E-state index in [0.717, 1.165) is 36.0 Å². The van der Waals surface area contributed by atoms with Crippen LogP contribution in [0.1, 0.15) is 55.7 Å². The van der Waals surface area contributed by atoms with E-state index in [0.29, 0.717) is 10.8 Å². The van der Waals surface area contributed by atoms with E-state index < -0.39 is 10.0 Å². The van der Waals surface area contributed by atoms with Crippen molar-refractivity contribution in [2.24, 2.45) is 5.92 Å². The fourth-order valence-electron chi connectivity index (χ4n) is 3.83. The van der Waals surface area contributed by atoms with Crippen molar-refractivity contribution in [3.8, 4) is 0 Å². The van der Waals surface area contributed by atoms with E-state index in [9.17, 15) is 13.2 Å². The Hall–Kier alpha value is -1.40. The quantitative estimate of drug-likeness (QED) is 0.813. The van der Waals surface area contributed by atoms with Gasteiger partial charge in [0.2, 0.25) is 15.9 Å². The molecule has 1 saturated carbocycles. The second kappa shape index (κ2) is 8.32. The van der Waals surface area contributed by atoms with Gasteiger partial charge in [-0.05, 0) is 50.7 Å². The number of amides is 1. The summed E-state index contributed by atoms with van der Waals surface area (Å²) in [6.45, 7) is 7.86. The number of carbonyl (C=O) groups is 1. The van der Waals surface area contributed by atoms with Crippen LogP contribution in [-0.4, -0.2) is 26.9 Å². The SMILES string of the molecule is Cc1cc(C)c(S(=O)(=O)NCCC(=O)NC2CCCC(C)C2)c(C)c1. The van der Waals surface area contributed by atoms with Gasteiger partial charge >= 0.3 is 0 Å². The van der Waals surface area contributed by atoms with Gasteiger partial charge in [-0.3, -0.25) is 4.79 Å². The van der Waals surface area contributed by atoms with Gasteiger partial charge in [0.1, 0.15) is 0 Å². The van der Waals surface area contributed by atoms with E-state index in [1.54, 1.807) is 13.8 Å². The Bertz CT molecular complexity index is 705. The van der Waals surface area contributed by atoms with Crippen LogP contribution < -0.4 is 10.0 Å². The van der Waals surface area contributed by atoms with E-state index in [1.807, 2.05) is 19.1 Å².